The van der Waals surface area contributed by atoms with E-state index in [0.29, 0.717) is 13.1 Å². The van der Waals surface area contributed by atoms with Gasteiger partial charge in [-0.1, -0.05) is 54.2 Å². The van der Waals surface area contributed by atoms with Crippen LogP contribution in [-0.2, 0) is 7.05 Å². The Morgan fingerprint density at radius 2 is 1.61 bits per heavy atom. The molecule has 9 heteroatoms. The van der Waals surface area contributed by atoms with Crippen molar-refractivity contribution < 1.29 is 41.7 Å². The van der Waals surface area contributed by atoms with Gasteiger partial charge in [0.05, 0.1) is 22.0 Å². The molecule has 0 unspecified atom stereocenters. The largest absolute Gasteiger partial charge is 1.00 e. The molecule has 3 aromatic carbocycles. The minimum absolute atomic E-state index is 0. The van der Waals surface area contributed by atoms with Gasteiger partial charge in [-0.05, 0) is 86.4 Å². The molecule has 4 heterocycles. The number of halogens is 4. The Kier molecular flexibility index (Phi) is 9.82. The van der Waals surface area contributed by atoms with Gasteiger partial charge in [-0.15, -0.1) is 0 Å². The van der Waals surface area contributed by atoms with Crippen molar-refractivity contribution in [2.45, 2.75) is 30.3 Å². The minimum atomic E-state index is -4.08. The highest BCUT2D eigenvalue weighted by Crippen LogP contribution is 2.47. The maximum Gasteiger partial charge on any atom is 0.391 e. The fourth-order valence-corrected chi connectivity index (χ4v) is 7.77. The predicted molar refractivity (Wildman–Crippen MR) is 180 cm³/mol. The molecule has 2 aliphatic heterocycles. The predicted octanol–water partition coefficient (Wildman–Crippen LogP) is 5.90. The number of nitrogens with zero attached hydrogens (tertiary/aromatic N) is 3. The monoisotopic (exact) mass is 752 g/mol. The van der Waals surface area contributed by atoms with E-state index in [9.17, 15) is 13.2 Å². The van der Waals surface area contributed by atoms with Crippen LogP contribution < -0.4 is 33.4 Å². The van der Waals surface area contributed by atoms with Crippen molar-refractivity contribution in [3.05, 3.63) is 107 Å². The molecule has 0 aliphatic carbocycles. The standard InChI is InChI=1S/C37H35F3N4S.HI/c1-42-29(16-15-26-25-41-32-11-4-2-9-30(26)32)23-27(31-10-3-5-12-33(31)42)24-36-44(34-13-6-7-14-35(34)45-36)20-8-19-43-21-17-28(18-22-43)37(38,39)40;/h2-7,9-16,23-25,28H,8,17-22H2,1H3;1H/b36-24-;. The zero-order valence-electron chi connectivity index (χ0n) is 25.6. The lowest BCUT2D eigenvalue weighted by Gasteiger charge is -2.33. The number of hydrogen-bond donors (Lipinski definition) is 1. The fraction of sp³-hybridized carbons (Fsp3) is 0.270. The molecule has 0 amide bonds. The van der Waals surface area contributed by atoms with Crippen LogP contribution in [0.15, 0.2) is 95.0 Å². The first kappa shape index (κ1) is 32.7. The lowest BCUT2D eigenvalue weighted by atomic mass is 9.96. The normalized spacial score (nSPS) is 17.0. The fourth-order valence-electron chi connectivity index (χ4n) is 6.63. The number of rotatable bonds is 7. The molecule has 1 fully saturated rings. The minimum Gasteiger partial charge on any atom is -1.00 e. The molecule has 7 rings (SSSR count). The molecule has 46 heavy (non-hydrogen) atoms. The van der Waals surface area contributed by atoms with E-state index in [-0.39, 0.29) is 36.8 Å². The molecule has 4 nitrogen and oxygen atoms in total. The summed E-state index contributed by atoms with van der Waals surface area (Å²) < 4.78 is 41.7. The van der Waals surface area contributed by atoms with Crippen molar-refractivity contribution in [1.82, 2.24) is 9.88 Å². The Bertz CT molecular complexity index is 1910. The first-order chi connectivity index (χ1) is 21.8. The second-order valence-electron chi connectivity index (χ2n) is 11.9. The van der Waals surface area contributed by atoms with Crippen molar-refractivity contribution in [1.29, 1.82) is 0 Å². The first-order valence-corrected chi connectivity index (χ1v) is 16.4. The van der Waals surface area contributed by atoms with Crippen LogP contribution in [0.2, 0.25) is 0 Å². The number of piperidine rings is 1. The van der Waals surface area contributed by atoms with Gasteiger partial charge in [-0.2, -0.15) is 17.7 Å². The van der Waals surface area contributed by atoms with Gasteiger partial charge in [0.15, 0.2) is 0 Å². The summed E-state index contributed by atoms with van der Waals surface area (Å²) >= 11 is 1.78. The highest BCUT2D eigenvalue weighted by Gasteiger charge is 2.41. The van der Waals surface area contributed by atoms with Crippen LogP contribution in [0.3, 0.4) is 0 Å². The second kappa shape index (κ2) is 13.8. The van der Waals surface area contributed by atoms with Crippen LogP contribution in [0.25, 0.3) is 40.0 Å². The third-order valence-corrected chi connectivity index (χ3v) is 10.3. The molecule has 0 radical (unpaired) electrons. The molecule has 0 bridgehead atoms. The summed E-state index contributed by atoms with van der Waals surface area (Å²) in [4.78, 5) is 9.16. The lowest BCUT2D eigenvalue weighted by Crippen LogP contribution is -3.00. The van der Waals surface area contributed by atoms with Crippen LogP contribution in [-0.4, -0.2) is 42.2 Å². The summed E-state index contributed by atoms with van der Waals surface area (Å²) in [6.45, 7) is 2.63. The van der Waals surface area contributed by atoms with Gasteiger partial charge in [0, 0.05) is 46.7 Å². The van der Waals surface area contributed by atoms with E-state index in [1.807, 2.05) is 12.3 Å². The molecule has 5 aromatic rings. The average Bonchev–Trinajstić information content (AvgIpc) is 3.62. The SMILES string of the molecule is C[n+]1c(/C=C/c2c[nH]c3ccccc23)cc(/C=C2\Sc3ccccc3N2CCCN2CCC(C(F)(F)F)CC2)c2ccccc21.[I-]. The third kappa shape index (κ3) is 6.73. The zero-order valence-corrected chi connectivity index (χ0v) is 28.6. The molecule has 238 valence electrons. The molecule has 0 atom stereocenters. The number of anilines is 1. The summed E-state index contributed by atoms with van der Waals surface area (Å²) in [6, 6.07) is 27.6. The Labute approximate surface area is 289 Å². The molecule has 2 aliphatic rings. The molecule has 1 saturated heterocycles. The summed E-state index contributed by atoms with van der Waals surface area (Å²) in [5.41, 5.74) is 6.86. The Hall–Kier alpha value is -3.28. The van der Waals surface area contributed by atoms with Gasteiger partial charge in [0.25, 0.3) is 0 Å². The summed E-state index contributed by atoms with van der Waals surface area (Å²) in [5, 5.41) is 3.54. The molecular formula is C37H36F3IN4S. The topological polar surface area (TPSA) is 26.1 Å². The van der Waals surface area contributed by atoms with Crippen molar-refractivity contribution in [3.8, 4) is 0 Å². The van der Waals surface area contributed by atoms with Crippen LogP contribution in [0.4, 0.5) is 18.9 Å². The number of H-pyrrole nitrogens is 1. The number of hydrogen-bond acceptors (Lipinski definition) is 3. The Morgan fingerprint density at radius 1 is 0.891 bits per heavy atom. The maximum atomic E-state index is 13.2. The number of nitrogens with one attached hydrogen (secondary N) is 1. The number of aromatic nitrogens is 2. The molecule has 0 saturated carbocycles. The number of para-hydroxylation sites is 3. The van der Waals surface area contributed by atoms with E-state index in [4.69, 9.17) is 0 Å². The van der Waals surface area contributed by atoms with Gasteiger partial charge < -0.3 is 38.8 Å². The lowest BCUT2D eigenvalue weighted by molar-refractivity contribution is -0.646. The number of alkyl halides is 3. The van der Waals surface area contributed by atoms with Gasteiger partial charge >= 0.3 is 6.18 Å². The number of thioether (sulfide) groups is 1. The average molecular weight is 753 g/mol. The van der Waals surface area contributed by atoms with Crippen LogP contribution in [0.5, 0.6) is 0 Å². The third-order valence-electron chi connectivity index (χ3n) is 9.14. The van der Waals surface area contributed by atoms with Crippen molar-refractivity contribution >= 4 is 57.5 Å². The van der Waals surface area contributed by atoms with Crippen LogP contribution in [0, 0.1) is 5.92 Å². The van der Waals surface area contributed by atoms with E-state index < -0.39 is 12.1 Å². The van der Waals surface area contributed by atoms with E-state index in [0.717, 1.165) is 52.4 Å². The van der Waals surface area contributed by atoms with Gasteiger partial charge in [-0.3, -0.25) is 0 Å². The molecule has 2 aromatic heterocycles. The number of pyridine rings is 1. The number of aromatic amines is 1. The van der Waals surface area contributed by atoms with Gasteiger partial charge in [0.1, 0.15) is 7.05 Å². The first-order valence-electron chi connectivity index (χ1n) is 15.6. The second-order valence-corrected chi connectivity index (χ2v) is 13.0. The summed E-state index contributed by atoms with van der Waals surface area (Å²) in [5.74, 6) is -1.16. The van der Waals surface area contributed by atoms with Crippen molar-refractivity contribution in [2.75, 3.05) is 31.1 Å². The number of fused-ring (bicyclic) bond motifs is 3. The Morgan fingerprint density at radius 3 is 2.41 bits per heavy atom. The maximum absolute atomic E-state index is 13.2. The van der Waals surface area contributed by atoms with Crippen LogP contribution in [0.1, 0.15) is 36.1 Å². The summed E-state index contributed by atoms with van der Waals surface area (Å²) in [6.07, 6.45) is 5.90. The van der Waals surface area contributed by atoms with E-state index in [1.54, 1.807) is 11.8 Å². The number of benzene rings is 3. The molecular weight excluding hydrogens is 716 g/mol. The van der Waals surface area contributed by atoms with Gasteiger partial charge in [-0.25, -0.2) is 0 Å². The number of likely N-dealkylation sites (tertiary alicyclic amines) is 1. The highest BCUT2D eigenvalue weighted by atomic mass is 127. The quantitative estimate of drug-likeness (QED) is 0.166. The van der Waals surface area contributed by atoms with Crippen LogP contribution >= 0.6 is 11.8 Å². The van der Waals surface area contributed by atoms with E-state index in [2.05, 4.69) is 117 Å². The van der Waals surface area contributed by atoms with E-state index >= 15 is 0 Å². The Balaban J connectivity index is 0.00000372. The smallest absolute Gasteiger partial charge is 0.391 e. The number of aryl methyl sites for hydroxylation is 1. The zero-order chi connectivity index (χ0) is 31.0. The van der Waals surface area contributed by atoms with Crippen molar-refractivity contribution in [3.63, 3.8) is 0 Å². The molecule has 1 N–H and O–H groups in total. The summed E-state index contributed by atoms with van der Waals surface area (Å²) in [7, 11) is 2.11. The van der Waals surface area contributed by atoms with Gasteiger partial charge in [0.2, 0.25) is 11.2 Å². The van der Waals surface area contributed by atoms with E-state index in [1.165, 1.54) is 21.4 Å². The molecule has 0 spiro atoms. The highest BCUT2D eigenvalue weighted by molar-refractivity contribution is 8.03. The van der Waals surface area contributed by atoms with Crippen molar-refractivity contribution in [2.24, 2.45) is 13.0 Å².